The number of amides is 4. The lowest BCUT2D eigenvalue weighted by atomic mass is 9.51. The summed E-state index contributed by atoms with van der Waals surface area (Å²) in [6, 6.07) is 15.1. The Labute approximate surface area is 341 Å². The van der Waals surface area contributed by atoms with Crippen molar-refractivity contribution in [2.24, 2.45) is 36.1 Å². The number of benzene rings is 3. The minimum atomic E-state index is -5.11. The Morgan fingerprint density at radius 3 is 2.49 bits per heavy atom. The quantitative estimate of drug-likeness (QED) is 0.0768. The predicted molar refractivity (Wildman–Crippen MR) is 209 cm³/mol. The first-order valence-corrected chi connectivity index (χ1v) is 19.6. The number of nitro groups is 1. The van der Waals surface area contributed by atoms with E-state index >= 15 is 4.79 Å². The molecule has 4 heterocycles. The zero-order valence-electron chi connectivity index (χ0n) is 31.2. The third-order valence-electron chi connectivity index (χ3n) is 12.3. The molecule has 9 rings (SSSR count). The average molecular weight is 846 g/mol. The van der Waals surface area contributed by atoms with Crippen molar-refractivity contribution < 1.29 is 47.1 Å². The predicted octanol–water partition coefficient (Wildman–Crippen LogP) is 8.21. The average Bonchev–Trinajstić information content (AvgIpc) is 3.85. The third kappa shape index (κ3) is 5.76. The number of rotatable bonds is 6. The molecule has 3 fully saturated rings. The highest BCUT2D eigenvalue weighted by Gasteiger charge is 2.68. The van der Waals surface area contributed by atoms with Gasteiger partial charge in [-0.2, -0.15) is 5.10 Å². The molecule has 5 aromatic rings. The van der Waals surface area contributed by atoms with E-state index in [0.29, 0.717) is 16.3 Å². The first-order valence-electron chi connectivity index (χ1n) is 18.4. The number of imide groups is 2. The van der Waals surface area contributed by atoms with Crippen LogP contribution in [0, 0.1) is 46.1 Å². The number of ether oxygens (including phenoxy) is 1. The van der Waals surface area contributed by atoms with E-state index in [0.717, 1.165) is 54.6 Å². The molecule has 2 saturated heterocycles. The van der Waals surface area contributed by atoms with Crippen LogP contribution in [0.2, 0.25) is 5.02 Å². The molecule has 0 unspecified atom stereocenters. The normalized spacial score (nSPS) is 25.3. The van der Waals surface area contributed by atoms with Gasteiger partial charge in [-0.25, -0.2) is 9.80 Å². The van der Waals surface area contributed by atoms with Gasteiger partial charge in [-0.1, -0.05) is 29.3 Å². The Balaban J connectivity index is 1.17. The summed E-state index contributed by atoms with van der Waals surface area (Å²) in [5.74, 6) is -9.13. The number of nitro benzene ring substituents is 1. The highest BCUT2D eigenvalue weighted by atomic mass is 35.5. The van der Waals surface area contributed by atoms with Crippen molar-refractivity contribution in [1.82, 2.24) is 9.78 Å². The van der Waals surface area contributed by atoms with Gasteiger partial charge in [0.1, 0.15) is 23.0 Å². The van der Waals surface area contributed by atoms with E-state index in [2.05, 4.69) is 9.84 Å². The van der Waals surface area contributed by atoms with Crippen LogP contribution in [0.5, 0.6) is 11.5 Å². The number of allylic oxidation sites excluding steroid dienone is 2. The first-order chi connectivity index (χ1) is 27.9. The number of hydrogen-bond donors (Lipinski definition) is 1. The van der Waals surface area contributed by atoms with Gasteiger partial charge in [0.15, 0.2) is 0 Å². The number of aromatic hydroxyl groups is 1. The lowest BCUT2D eigenvalue weighted by molar-refractivity contribution is -0.384. The van der Waals surface area contributed by atoms with Crippen LogP contribution in [0.4, 0.5) is 30.4 Å². The molecule has 6 atom stereocenters. The fourth-order valence-electron chi connectivity index (χ4n) is 9.75. The number of hydrogen-bond acceptors (Lipinski definition) is 10. The smallest absolute Gasteiger partial charge is 0.508 e. The standard InChI is InChI=1S/C41H31ClF3N5O8S/c1-18-25-13-19(42)7-12-31(25)59-35(18)29-17-32(47(3)46-29)49-37(53)28-16-26-23(34(40(28,2)39(49)55)27-15-22(8-11-30(27)51)58-41(43,44)45)9-10-24-33(26)38(54)48(36(24)52)20-5-4-6-21(14-20)50(56)57/h4-9,11-15,17,24,26,28,33-34,51H,10,16H2,1-3H3/t24-,26+,28-,33-,34+,40+/m0/s1. The van der Waals surface area contributed by atoms with E-state index in [1.54, 1.807) is 25.3 Å². The summed E-state index contributed by atoms with van der Waals surface area (Å²) in [5.41, 5.74) is -0.496. The van der Waals surface area contributed by atoms with Crippen LogP contribution >= 0.6 is 22.9 Å². The summed E-state index contributed by atoms with van der Waals surface area (Å²) >= 11 is 7.73. The van der Waals surface area contributed by atoms with Crippen molar-refractivity contribution in [3.8, 4) is 22.1 Å². The fraction of sp³-hybridized carbons (Fsp3) is 0.293. The topological polar surface area (TPSA) is 165 Å². The number of halogens is 4. The second kappa shape index (κ2) is 13.2. The van der Waals surface area contributed by atoms with Crippen LogP contribution in [0.25, 0.3) is 20.7 Å². The molecule has 1 saturated carbocycles. The summed E-state index contributed by atoms with van der Waals surface area (Å²) in [6.45, 7) is 3.43. The van der Waals surface area contributed by atoms with E-state index in [-0.39, 0.29) is 35.6 Å². The number of thiophene rings is 1. The molecule has 0 radical (unpaired) electrons. The van der Waals surface area contributed by atoms with Crippen LogP contribution in [0.1, 0.15) is 36.8 Å². The van der Waals surface area contributed by atoms with Crippen molar-refractivity contribution in [1.29, 1.82) is 0 Å². The van der Waals surface area contributed by atoms with Gasteiger partial charge in [-0.15, -0.1) is 24.5 Å². The molecule has 0 bridgehead atoms. The summed E-state index contributed by atoms with van der Waals surface area (Å²) < 4.78 is 47.2. The number of carbonyl (C=O) groups excluding carboxylic acids is 4. The van der Waals surface area contributed by atoms with E-state index in [1.165, 1.54) is 41.1 Å². The minimum Gasteiger partial charge on any atom is -0.508 e. The largest absolute Gasteiger partial charge is 0.573 e. The maximum Gasteiger partial charge on any atom is 0.573 e. The van der Waals surface area contributed by atoms with E-state index in [9.17, 15) is 42.8 Å². The molecule has 302 valence electrons. The Bertz CT molecular complexity index is 2750. The van der Waals surface area contributed by atoms with Gasteiger partial charge < -0.3 is 9.84 Å². The number of phenols is 1. The summed E-state index contributed by atoms with van der Waals surface area (Å²) in [7, 11) is 1.57. The number of carbonyl (C=O) groups is 4. The molecule has 3 aromatic carbocycles. The van der Waals surface area contributed by atoms with Gasteiger partial charge >= 0.3 is 6.36 Å². The summed E-state index contributed by atoms with van der Waals surface area (Å²) in [4.78, 5) is 72.0. The molecule has 2 aliphatic heterocycles. The molecule has 59 heavy (non-hydrogen) atoms. The molecule has 18 heteroatoms. The van der Waals surface area contributed by atoms with E-state index in [4.69, 9.17) is 11.6 Å². The number of alkyl halides is 3. The second-order valence-electron chi connectivity index (χ2n) is 15.4. The molecule has 4 amide bonds. The minimum absolute atomic E-state index is 0.0146. The van der Waals surface area contributed by atoms with Crippen molar-refractivity contribution in [2.75, 3.05) is 9.80 Å². The zero-order valence-corrected chi connectivity index (χ0v) is 32.8. The molecule has 1 N–H and O–H groups in total. The Kier molecular flexibility index (Phi) is 8.62. The number of fused-ring (bicyclic) bond motifs is 5. The Morgan fingerprint density at radius 1 is 1.00 bits per heavy atom. The SMILES string of the molecule is Cc1c(-c2cc(N3C(=O)[C@@H]4C[C@@H]5C(=CC[C@@H]6C(=O)N(c7cccc([N+](=O)[O-])c7)C(=O)[C@@H]65)[C@H](c5cc(OC(F)(F)F)ccc5O)[C@]4(C)C3=O)n(C)n2)sc2ccc(Cl)cc12. The third-order valence-corrected chi connectivity index (χ3v) is 13.9. The Morgan fingerprint density at radius 2 is 1.76 bits per heavy atom. The van der Waals surface area contributed by atoms with Crippen molar-refractivity contribution >= 4 is 73.8 Å². The van der Waals surface area contributed by atoms with Crippen LogP contribution in [-0.2, 0) is 26.2 Å². The van der Waals surface area contributed by atoms with E-state index in [1.807, 2.05) is 19.1 Å². The summed E-state index contributed by atoms with van der Waals surface area (Å²) in [6.07, 6.45) is -3.58. The fourth-order valence-corrected chi connectivity index (χ4v) is 11.1. The Hall–Kier alpha value is -6.07. The molecule has 4 aliphatic rings. The van der Waals surface area contributed by atoms with Crippen LogP contribution in [0.3, 0.4) is 0 Å². The second-order valence-corrected chi connectivity index (χ2v) is 16.9. The van der Waals surface area contributed by atoms with Gasteiger partial charge in [0, 0.05) is 46.5 Å². The van der Waals surface area contributed by atoms with Gasteiger partial charge in [-0.05, 0) is 86.0 Å². The highest BCUT2D eigenvalue weighted by molar-refractivity contribution is 7.22. The van der Waals surface area contributed by atoms with Crippen LogP contribution in [-0.4, -0.2) is 49.8 Å². The van der Waals surface area contributed by atoms with Crippen LogP contribution < -0.4 is 14.5 Å². The lowest BCUT2D eigenvalue weighted by Gasteiger charge is -2.49. The van der Waals surface area contributed by atoms with Crippen molar-refractivity contribution in [3.63, 3.8) is 0 Å². The van der Waals surface area contributed by atoms with Crippen molar-refractivity contribution in [2.45, 2.75) is 39.0 Å². The van der Waals surface area contributed by atoms with Gasteiger partial charge in [0.2, 0.25) is 23.6 Å². The zero-order chi connectivity index (χ0) is 42.0. The first kappa shape index (κ1) is 38.4. The number of aromatic nitrogens is 2. The molecule has 2 aromatic heterocycles. The van der Waals surface area contributed by atoms with Crippen LogP contribution in [0.15, 0.2) is 78.4 Å². The molecule has 0 spiro atoms. The molecular formula is C41H31ClF3N5O8S. The number of nitrogens with zero attached hydrogens (tertiary/aromatic N) is 5. The van der Waals surface area contributed by atoms with Crippen molar-refractivity contribution in [3.05, 3.63) is 105 Å². The lowest BCUT2D eigenvalue weighted by Crippen LogP contribution is -2.49. The maximum atomic E-state index is 15.1. The number of anilines is 2. The number of phenolic OH excluding ortho intramolecular Hbond substituents is 1. The summed E-state index contributed by atoms with van der Waals surface area (Å²) in [5, 5.41) is 29.1. The molecule has 13 nitrogen and oxygen atoms in total. The highest BCUT2D eigenvalue weighted by Crippen LogP contribution is 2.65. The number of non-ortho nitro benzene ring substituents is 1. The van der Waals surface area contributed by atoms with Gasteiger partial charge in [0.25, 0.3) is 5.69 Å². The van der Waals surface area contributed by atoms with Gasteiger partial charge in [0.05, 0.1) is 38.7 Å². The van der Waals surface area contributed by atoms with E-state index < -0.39 is 81.4 Å². The monoisotopic (exact) mass is 845 g/mol. The molecular weight excluding hydrogens is 815 g/mol. The molecule has 2 aliphatic carbocycles. The number of aryl methyl sites for hydroxylation is 2. The van der Waals surface area contributed by atoms with Gasteiger partial charge in [-0.3, -0.25) is 34.0 Å². The maximum absolute atomic E-state index is 15.1.